The number of rotatable bonds is 9. The van der Waals surface area contributed by atoms with Crippen molar-refractivity contribution >= 4 is 11.4 Å². The van der Waals surface area contributed by atoms with Crippen molar-refractivity contribution in [3.63, 3.8) is 0 Å². The maximum absolute atomic E-state index is 11.2. The van der Waals surface area contributed by atoms with Gasteiger partial charge in [0.2, 0.25) is 0 Å². The number of Topliss-reactive ketones (excluding diaryl/α,β-unsaturated/α-hetero) is 1. The number of hydrogen-bond acceptors (Lipinski definition) is 3. The largest absolute Gasteiger partial charge is 0.389 e. The van der Waals surface area contributed by atoms with Crippen molar-refractivity contribution in [1.29, 1.82) is 0 Å². The molecular weight excluding hydrogens is 430 g/mol. The molecule has 0 radical (unpaired) electrons. The third kappa shape index (κ3) is 14.6. The zero-order valence-corrected chi connectivity index (χ0v) is 23.2. The maximum Gasteiger partial charge on any atom is 0.166 e. The average Bonchev–Trinajstić information content (AvgIpc) is 2.89. The topological polar surface area (TPSA) is 49.3 Å². The van der Waals surface area contributed by atoms with Crippen LogP contribution in [0.3, 0.4) is 0 Å². The van der Waals surface area contributed by atoms with Crippen LogP contribution in [-0.4, -0.2) is 24.0 Å². The molecule has 0 bridgehead atoms. The lowest BCUT2D eigenvalue weighted by Gasteiger charge is -2.15. The van der Waals surface area contributed by atoms with Crippen LogP contribution in [0.1, 0.15) is 61.0 Å². The Hall–Kier alpha value is -3.17. The Labute approximate surface area is 215 Å². The number of aliphatic hydroxyl groups is 1. The molecule has 1 unspecified atom stereocenters. The van der Waals surface area contributed by atoms with Crippen molar-refractivity contribution < 1.29 is 9.90 Å². The van der Waals surface area contributed by atoms with Gasteiger partial charge in [-0.25, -0.2) is 0 Å². The Morgan fingerprint density at radius 3 is 1.80 bits per heavy atom. The van der Waals surface area contributed by atoms with Gasteiger partial charge in [-0.15, -0.1) is 0 Å². The molecule has 35 heavy (non-hydrogen) atoms. The standard InChI is InChI=1S/C15H14.C13H21NO2.2C2H6/c1-12(2)13-8-10-15(11-9-13)14-6-4-3-5-7-14;1-9(2)6-10(3)7-14-12(5)11(4)13(16)8-15;2*1-2/h3-11H,1H2,2H3;6,11,14-15H,3,5,7-8H2,1-2,4H3;2*1-2H3. The van der Waals surface area contributed by atoms with Crippen LogP contribution in [0.15, 0.2) is 97.3 Å². The van der Waals surface area contributed by atoms with E-state index in [-0.39, 0.29) is 11.7 Å². The van der Waals surface area contributed by atoms with Crippen molar-refractivity contribution in [3.05, 3.63) is 103 Å². The molecule has 0 aromatic heterocycles. The molecule has 0 amide bonds. The van der Waals surface area contributed by atoms with E-state index in [4.69, 9.17) is 5.11 Å². The summed E-state index contributed by atoms with van der Waals surface area (Å²) >= 11 is 0. The van der Waals surface area contributed by atoms with E-state index >= 15 is 0 Å². The predicted octanol–water partition coefficient (Wildman–Crippen LogP) is 8.25. The van der Waals surface area contributed by atoms with Gasteiger partial charge in [-0.2, -0.15) is 0 Å². The fourth-order valence-corrected chi connectivity index (χ4v) is 2.75. The lowest BCUT2D eigenvalue weighted by atomic mass is 10.0. The minimum absolute atomic E-state index is 0.231. The van der Waals surface area contributed by atoms with Crippen LogP contribution in [0.25, 0.3) is 16.7 Å². The Morgan fingerprint density at radius 2 is 1.37 bits per heavy atom. The first kappa shape index (κ1) is 34.0. The lowest BCUT2D eigenvalue weighted by molar-refractivity contribution is -0.124. The van der Waals surface area contributed by atoms with Crippen molar-refractivity contribution in [3.8, 4) is 11.1 Å². The Morgan fingerprint density at radius 1 is 0.886 bits per heavy atom. The summed E-state index contributed by atoms with van der Waals surface area (Å²) in [5, 5.41) is 11.7. The molecule has 2 aromatic carbocycles. The molecular formula is C32H47NO2. The number of benzene rings is 2. The van der Waals surface area contributed by atoms with Crippen molar-refractivity contribution in [1.82, 2.24) is 5.32 Å². The summed E-state index contributed by atoms with van der Waals surface area (Å²) in [5.74, 6) is -0.602. The molecule has 0 saturated heterocycles. The summed E-state index contributed by atoms with van der Waals surface area (Å²) in [6.45, 7) is 27.4. The van der Waals surface area contributed by atoms with Crippen LogP contribution < -0.4 is 5.32 Å². The molecule has 0 fully saturated rings. The van der Waals surface area contributed by atoms with Crippen LogP contribution in [-0.2, 0) is 4.79 Å². The Bertz CT molecular complexity index is 918. The maximum atomic E-state index is 11.2. The van der Waals surface area contributed by atoms with E-state index in [0.717, 1.165) is 11.1 Å². The van der Waals surface area contributed by atoms with Crippen molar-refractivity contribution in [2.45, 2.75) is 55.4 Å². The predicted molar refractivity (Wildman–Crippen MR) is 156 cm³/mol. The fourth-order valence-electron chi connectivity index (χ4n) is 2.75. The highest BCUT2D eigenvalue weighted by molar-refractivity contribution is 5.84. The zero-order chi connectivity index (χ0) is 27.4. The van der Waals surface area contributed by atoms with Gasteiger partial charge < -0.3 is 10.4 Å². The van der Waals surface area contributed by atoms with E-state index < -0.39 is 6.61 Å². The van der Waals surface area contributed by atoms with Gasteiger partial charge in [0, 0.05) is 12.2 Å². The van der Waals surface area contributed by atoms with Crippen LogP contribution >= 0.6 is 0 Å². The van der Waals surface area contributed by atoms with Crippen LogP contribution in [0, 0.1) is 5.92 Å². The minimum Gasteiger partial charge on any atom is -0.389 e. The monoisotopic (exact) mass is 477 g/mol. The first-order valence-corrected chi connectivity index (χ1v) is 12.4. The van der Waals surface area contributed by atoms with Crippen molar-refractivity contribution in [2.24, 2.45) is 5.92 Å². The van der Waals surface area contributed by atoms with Gasteiger partial charge in [0.25, 0.3) is 0 Å². The minimum atomic E-state index is -0.448. The van der Waals surface area contributed by atoms with Gasteiger partial charge >= 0.3 is 0 Å². The third-order valence-electron chi connectivity index (χ3n) is 4.68. The molecule has 0 saturated carbocycles. The van der Waals surface area contributed by atoms with E-state index in [1.54, 1.807) is 6.92 Å². The van der Waals surface area contributed by atoms with E-state index in [1.165, 1.54) is 22.3 Å². The number of carbonyl (C=O) groups is 1. The highest BCUT2D eigenvalue weighted by Gasteiger charge is 2.14. The highest BCUT2D eigenvalue weighted by atomic mass is 16.3. The average molecular weight is 478 g/mol. The number of hydrogen-bond donors (Lipinski definition) is 2. The summed E-state index contributed by atoms with van der Waals surface area (Å²) in [6.07, 6.45) is 1.97. The molecule has 3 heteroatoms. The number of ketones is 1. The molecule has 0 aliphatic carbocycles. The SMILES string of the molecule is C=C(C)c1ccc(-c2ccccc2)cc1.C=C(C=C(C)C)CNC(=C)C(C)C(=O)CO.CC.CC. The third-order valence-corrected chi connectivity index (χ3v) is 4.68. The summed E-state index contributed by atoms with van der Waals surface area (Å²) < 4.78 is 0. The van der Waals surface area contributed by atoms with Gasteiger partial charge in [-0.05, 0) is 50.0 Å². The van der Waals surface area contributed by atoms with Crippen LogP contribution in [0.5, 0.6) is 0 Å². The second-order valence-corrected chi connectivity index (χ2v) is 7.83. The molecule has 1 atom stereocenters. The molecule has 192 valence electrons. The summed E-state index contributed by atoms with van der Waals surface area (Å²) in [6, 6.07) is 18.9. The summed E-state index contributed by atoms with van der Waals surface area (Å²) in [5.41, 5.74) is 7.54. The second-order valence-electron chi connectivity index (χ2n) is 7.83. The number of nitrogens with one attached hydrogen (secondary N) is 1. The molecule has 2 rings (SSSR count). The molecule has 0 heterocycles. The first-order valence-electron chi connectivity index (χ1n) is 12.4. The lowest BCUT2D eigenvalue weighted by Crippen LogP contribution is -2.26. The molecule has 0 aliphatic rings. The second kappa shape index (κ2) is 20.2. The van der Waals surface area contributed by atoms with E-state index in [9.17, 15) is 4.79 Å². The summed E-state index contributed by atoms with van der Waals surface area (Å²) in [4.78, 5) is 11.2. The first-order chi connectivity index (χ1) is 16.6. The molecule has 0 aliphatic heterocycles. The van der Waals surface area contributed by atoms with Gasteiger partial charge in [0.15, 0.2) is 5.78 Å². The molecule has 2 N–H and O–H groups in total. The number of allylic oxidation sites excluding steroid dienone is 3. The van der Waals surface area contributed by atoms with Gasteiger partial charge in [-0.1, -0.05) is 119 Å². The smallest absolute Gasteiger partial charge is 0.166 e. The van der Waals surface area contributed by atoms with E-state index in [2.05, 4.69) is 73.6 Å². The van der Waals surface area contributed by atoms with Gasteiger partial charge in [-0.3, -0.25) is 4.79 Å². The van der Waals surface area contributed by atoms with Crippen LogP contribution in [0.2, 0.25) is 0 Å². The quantitative estimate of drug-likeness (QED) is 0.357. The van der Waals surface area contributed by atoms with Gasteiger partial charge in [0.05, 0.1) is 5.92 Å². The number of aliphatic hydroxyl groups excluding tert-OH is 1. The normalized spacial score (nSPS) is 9.86. The van der Waals surface area contributed by atoms with Gasteiger partial charge in [0.1, 0.15) is 6.61 Å². The van der Waals surface area contributed by atoms with Crippen molar-refractivity contribution in [2.75, 3.05) is 13.2 Å². The summed E-state index contributed by atoms with van der Waals surface area (Å²) in [7, 11) is 0. The number of carbonyl (C=O) groups excluding carboxylic acids is 1. The highest BCUT2D eigenvalue weighted by Crippen LogP contribution is 2.21. The van der Waals surface area contributed by atoms with E-state index in [0.29, 0.717) is 12.2 Å². The molecule has 2 aromatic rings. The van der Waals surface area contributed by atoms with Crippen LogP contribution in [0.4, 0.5) is 0 Å². The Balaban J connectivity index is 0. The van der Waals surface area contributed by atoms with E-state index in [1.807, 2.05) is 60.6 Å². The molecule has 0 spiro atoms. The molecule has 3 nitrogen and oxygen atoms in total. The zero-order valence-electron chi connectivity index (χ0n) is 23.2. The fraction of sp³-hybridized carbons (Fsp3) is 0.344. The Kier molecular flexibility index (Phi) is 19.6.